The minimum Gasteiger partial charge on any atom is -0.392 e. The van der Waals surface area contributed by atoms with Crippen LogP contribution in [0.4, 0.5) is 0 Å². The summed E-state index contributed by atoms with van der Waals surface area (Å²) in [6, 6.07) is 0.583. The zero-order valence-corrected chi connectivity index (χ0v) is 9.03. The lowest BCUT2D eigenvalue weighted by atomic mass is 10.1. The van der Waals surface area contributed by atoms with E-state index >= 15 is 0 Å². The van der Waals surface area contributed by atoms with Gasteiger partial charge in [-0.15, -0.1) is 0 Å². The van der Waals surface area contributed by atoms with Gasteiger partial charge < -0.3 is 10.0 Å². The first-order valence-electron chi connectivity index (χ1n) is 5.24. The molecule has 1 aliphatic heterocycles. The van der Waals surface area contributed by atoms with E-state index in [4.69, 9.17) is 0 Å². The molecule has 0 aromatic carbocycles. The largest absolute Gasteiger partial charge is 0.392 e. The van der Waals surface area contributed by atoms with Gasteiger partial charge in [0.15, 0.2) is 0 Å². The van der Waals surface area contributed by atoms with Gasteiger partial charge >= 0.3 is 0 Å². The maximum atomic E-state index is 9.54. The van der Waals surface area contributed by atoms with E-state index in [2.05, 4.69) is 23.8 Å². The molecule has 1 N–H and O–H groups in total. The van der Waals surface area contributed by atoms with Gasteiger partial charge in [0.2, 0.25) is 0 Å². The lowest BCUT2D eigenvalue weighted by molar-refractivity contribution is 0.0465. The predicted molar refractivity (Wildman–Crippen MR) is 54.8 cm³/mol. The highest BCUT2D eigenvalue weighted by molar-refractivity contribution is 4.78. The van der Waals surface area contributed by atoms with Crippen molar-refractivity contribution in [2.75, 3.05) is 33.2 Å². The van der Waals surface area contributed by atoms with Crippen molar-refractivity contribution in [3.8, 4) is 0 Å². The molecule has 3 nitrogen and oxygen atoms in total. The molecule has 2 atom stereocenters. The molecule has 0 bridgehead atoms. The molecule has 3 heteroatoms. The second-order valence-corrected chi connectivity index (χ2v) is 4.17. The SMILES string of the molecule is CC[C@H](O)CN1CCN(C)CC1C. The van der Waals surface area contributed by atoms with Crippen LogP contribution >= 0.6 is 0 Å². The molecular formula is C10H22N2O. The summed E-state index contributed by atoms with van der Waals surface area (Å²) in [6.45, 7) is 8.45. The molecular weight excluding hydrogens is 164 g/mol. The Bertz CT molecular complexity index is 152. The molecule has 1 fully saturated rings. The second-order valence-electron chi connectivity index (χ2n) is 4.17. The molecule has 78 valence electrons. The van der Waals surface area contributed by atoms with Crippen LogP contribution in [0, 0.1) is 0 Å². The number of hydrogen-bond acceptors (Lipinski definition) is 3. The van der Waals surface area contributed by atoms with Gasteiger partial charge in [-0.05, 0) is 20.4 Å². The summed E-state index contributed by atoms with van der Waals surface area (Å²) < 4.78 is 0. The highest BCUT2D eigenvalue weighted by Crippen LogP contribution is 2.08. The Hall–Kier alpha value is -0.120. The van der Waals surface area contributed by atoms with E-state index in [0.29, 0.717) is 6.04 Å². The van der Waals surface area contributed by atoms with Gasteiger partial charge in [-0.3, -0.25) is 4.90 Å². The van der Waals surface area contributed by atoms with Gasteiger partial charge in [0, 0.05) is 32.2 Å². The fraction of sp³-hybridized carbons (Fsp3) is 1.00. The minimum atomic E-state index is -0.147. The molecule has 0 aromatic rings. The molecule has 0 amide bonds. The van der Waals surface area contributed by atoms with Crippen molar-refractivity contribution in [1.82, 2.24) is 9.80 Å². The first-order chi connectivity index (χ1) is 6.13. The Morgan fingerprint density at radius 3 is 2.69 bits per heavy atom. The van der Waals surface area contributed by atoms with Crippen molar-refractivity contribution < 1.29 is 5.11 Å². The van der Waals surface area contributed by atoms with Crippen molar-refractivity contribution >= 4 is 0 Å². The number of β-amino-alcohol motifs (C(OH)–C–C–N with tert-alkyl or cyclic N) is 1. The van der Waals surface area contributed by atoms with Crippen LogP contribution in [0.25, 0.3) is 0 Å². The van der Waals surface area contributed by atoms with Gasteiger partial charge in [-0.1, -0.05) is 6.92 Å². The van der Waals surface area contributed by atoms with Crippen molar-refractivity contribution in [3.63, 3.8) is 0 Å². The monoisotopic (exact) mass is 186 g/mol. The van der Waals surface area contributed by atoms with E-state index in [0.717, 1.165) is 32.6 Å². The third-order valence-corrected chi connectivity index (χ3v) is 2.88. The van der Waals surface area contributed by atoms with Gasteiger partial charge in [-0.2, -0.15) is 0 Å². The van der Waals surface area contributed by atoms with Crippen molar-refractivity contribution in [1.29, 1.82) is 0 Å². The topological polar surface area (TPSA) is 26.7 Å². The standard InChI is InChI=1S/C10H22N2O/c1-4-10(13)8-12-6-5-11(3)7-9(12)2/h9-10,13H,4-8H2,1-3H3/t9?,10-/m0/s1. The van der Waals surface area contributed by atoms with Gasteiger partial charge in [0.25, 0.3) is 0 Å². The van der Waals surface area contributed by atoms with Crippen molar-refractivity contribution in [3.05, 3.63) is 0 Å². The molecule has 1 heterocycles. The molecule has 0 aliphatic carbocycles. The summed E-state index contributed by atoms with van der Waals surface area (Å²) in [4.78, 5) is 4.73. The number of aliphatic hydroxyl groups excluding tert-OH is 1. The molecule has 1 rings (SSSR count). The highest BCUT2D eigenvalue weighted by Gasteiger charge is 2.22. The Morgan fingerprint density at radius 1 is 1.46 bits per heavy atom. The van der Waals surface area contributed by atoms with Gasteiger partial charge in [0.05, 0.1) is 6.10 Å². The average molecular weight is 186 g/mol. The van der Waals surface area contributed by atoms with Crippen LogP contribution in [0.2, 0.25) is 0 Å². The number of rotatable bonds is 3. The summed E-state index contributed by atoms with van der Waals surface area (Å²) in [5, 5.41) is 9.54. The Morgan fingerprint density at radius 2 is 2.15 bits per heavy atom. The number of nitrogens with zero attached hydrogens (tertiary/aromatic N) is 2. The molecule has 1 saturated heterocycles. The van der Waals surface area contributed by atoms with Gasteiger partial charge in [-0.25, -0.2) is 0 Å². The fourth-order valence-electron chi connectivity index (χ4n) is 1.85. The van der Waals surface area contributed by atoms with Gasteiger partial charge in [0.1, 0.15) is 0 Å². The van der Waals surface area contributed by atoms with E-state index in [-0.39, 0.29) is 6.10 Å². The highest BCUT2D eigenvalue weighted by atomic mass is 16.3. The summed E-state index contributed by atoms with van der Waals surface area (Å²) in [5.41, 5.74) is 0. The smallest absolute Gasteiger partial charge is 0.0664 e. The Kier molecular flexibility index (Phi) is 4.16. The molecule has 0 aromatic heterocycles. The Balaban J connectivity index is 2.33. The van der Waals surface area contributed by atoms with E-state index in [1.54, 1.807) is 0 Å². The first-order valence-corrected chi connectivity index (χ1v) is 5.24. The number of likely N-dealkylation sites (N-methyl/N-ethyl adjacent to an activating group) is 1. The van der Waals surface area contributed by atoms with E-state index in [9.17, 15) is 5.11 Å². The van der Waals surface area contributed by atoms with Crippen molar-refractivity contribution in [2.24, 2.45) is 0 Å². The maximum Gasteiger partial charge on any atom is 0.0664 e. The third-order valence-electron chi connectivity index (χ3n) is 2.88. The zero-order valence-electron chi connectivity index (χ0n) is 9.03. The molecule has 0 radical (unpaired) electrons. The quantitative estimate of drug-likeness (QED) is 0.691. The maximum absolute atomic E-state index is 9.54. The number of hydrogen-bond donors (Lipinski definition) is 1. The fourth-order valence-corrected chi connectivity index (χ4v) is 1.85. The van der Waals surface area contributed by atoms with Crippen LogP contribution in [0.3, 0.4) is 0 Å². The minimum absolute atomic E-state index is 0.147. The molecule has 0 spiro atoms. The van der Waals surface area contributed by atoms with Crippen LogP contribution in [0.5, 0.6) is 0 Å². The molecule has 13 heavy (non-hydrogen) atoms. The van der Waals surface area contributed by atoms with Crippen LogP contribution < -0.4 is 0 Å². The van der Waals surface area contributed by atoms with Crippen LogP contribution in [0.15, 0.2) is 0 Å². The molecule has 1 unspecified atom stereocenters. The summed E-state index contributed by atoms with van der Waals surface area (Å²) in [5.74, 6) is 0. The lowest BCUT2D eigenvalue weighted by Crippen LogP contribution is -2.52. The molecule has 1 aliphatic rings. The van der Waals surface area contributed by atoms with E-state index in [1.165, 1.54) is 0 Å². The summed E-state index contributed by atoms with van der Waals surface area (Å²) >= 11 is 0. The van der Waals surface area contributed by atoms with E-state index < -0.39 is 0 Å². The van der Waals surface area contributed by atoms with Crippen LogP contribution in [-0.4, -0.2) is 60.3 Å². The zero-order chi connectivity index (χ0) is 9.84. The number of piperazine rings is 1. The predicted octanol–water partition coefficient (Wildman–Crippen LogP) is 0.393. The lowest BCUT2D eigenvalue weighted by Gasteiger charge is -2.39. The van der Waals surface area contributed by atoms with Crippen LogP contribution in [0.1, 0.15) is 20.3 Å². The summed E-state index contributed by atoms with van der Waals surface area (Å²) in [6.07, 6.45) is 0.713. The molecule has 0 saturated carbocycles. The normalized spacial score (nSPS) is 29.1. The second kappa shape index (κ2) is 4.94. The summed E-state index contributed by atoms with van der Waals surface area (Å²) in [7, 11) is 2.16. The Labute approximate surface area is 81.3 Å². The van der Waals surface area contributed by atoms with E-state index in [1.807, 2.05) is 6.92 Å². The van der Waals surface area contributed by atoms with Crippen LogP contribution in [-0.2, 0) is 0 Å². The first kappa shape index (κ1) is 11.0. The average Bonchev–Trinajstić information content (AvgIpc) is 2.09. The number of aliphatic hydroxyl groups is 1. The third kappa shape index (κ3) is 3.25. The van der Waals surface area contributed by atoms with Crippen molar-refractivity contribution in [2.45, 2.75) is 32.4 Å².